The van der Waals surface area contributed by atoms with Gasteiger partial charge >= 0.3 is 6.03 Å². The maximum atomic E-state index is 13.0. The van der Waals surface area contributed by atoms with Crippen LogP contribution in [0.5, 0.6) is 0 Å². The topological polar surface area (TPSA) is 52.7 Å². The van der Waals surface area contributed by atoms with Crippen LogP contribution in [0.1, 0.15) is 49.8 Å². The second kappa shape index (κ2) is 8.29. The third-order valence-corrected chi connectivity index (χ3v) is 7.27. The molecule has 2 aliphatic heterocycles. The average Bonchev–Trinajstić information content (AvgIpc) is 2.96. The number of anilines is 1. The van der Waals surface area contributed by atoms with Crippen LogP contribution in [0.15, 0.2) is 36.0 Å². The summed E-state index contributed by atoms with van der Waals surface area (Å²) in [5, 5.41) is 4.06. The van der Waals surface area contributed by atoms with Gasteiger partial charge < -0.3 is 10.2 Å². The first-order chi connectivity index (χ1) is 15.0. The van der Waals surface area contributed by atoms with E-state index in [1.807, 2.05) is 12.1 Å². The second-order valence-electron chi connectivity index (χ2n) is 9.02. The molecule has 0 radical (unpaired) electrons. The molecular formula is C24H24Cl3N3O2. The zero-order valence-electron chi connectivity index (χ0n) is 18.3. The SMILES string of the molecule is CC1CC(C)(C)N(C)c2cc(Cl)c(/C=C3/NC(=O)N(Cc4ccc(Cl)cc4Cl)C3=O)cc21. The van der Waals surface area contributed by atoms with Gasteiger partial charge in [0.1, 0.15) is 5.70 Å². The molecule has 3 amide bonds. The highest BCUT2D eigenvalue weighted by Crippen LogP contribution is 2.44. The zero-order chi connectivity index (χ0) is 23.4. The highest BCUT2D eigenvalue weighted by molar-refractivity contribution is 6.35. The number of urea groups is 1. The predicted octanol–water partition coefficient (Wildman–Crippen LogP) is 6.46. The first-order valence-corrected chi connectivity index (χ1v) is 11.5. The molecule has 0 aromatic heterocycles. The number of carbonyl (C=O) groups is 2. The van der Waals surface area contributed by atoms with E-state index in [1.165, 1.54) is 5.56 Å². The summed E-state index contributed by atoms with van der Waals surface area (Å²) in [6.45, 7) is 6.67. The second-order valence-corrected chi connectivity index (χ2v) is 10.3. The summed E-state index contributed by atoms with van der Waals surface area (Å²) in [5.41, 5.74) is 3.78. The van der Waals surface area contributed by atoms with E-state index >= 15 is 0 Å². The molecule has 32 heavy (non-hydrogen) atoms. The molecule has 2 aromatic carbocycles. The standard InChI is InChI=1S/C24H24Cl3N3O2/c1-13-11-24(2,3)29(4)21-10-19(27)15(7-17(13)21)8-20-22(31)30(23(32)28-20)12-14-5-6-16(25)9-18(14)26/h5-10,13H,11-12H2,1-4H3,(H,28,32)/b20-8+. The summed E-state index contributed by atoms with van der Waals surface area (Å²) >= 11 is 18.7. The summed E-state index contributed by atoms with van der Waals surface area (Å²) in [4.78, 5) is 28.8. The lowest BCUT2D eigenvalue weighted by Gasteiger charge is -2.45. The molecule has 5 nitrogen and oxygen atoms in total. The number of nitrogens with one attached hydrogen (secondary N) is 1. The normalized spacial score (nSPS) is 21.2. The van der Waals surface area contributed by atoms with E-state index in [2.05, 4.69) is 38.0 Å². The van der Waals surface area contributed by atoms with Gasteiger partial charge in [0.15, 0.2) is 0 Å². The number of halogens is 3. The molecule has 168 valence electrons. The third kappa shape index (κ3) is 4.09. The van der Waals surface area contributed by atoms with Crippen LogP contribution in [-0.4, -0.2) is 29.4 Å². The lowest BCUT2D eigenvalue weighted by atomic mass is 9.80. The third-order valence-electron chi connectivity index (χ3n) is 6.36. The molecule has 0 spiro atoms. The maximum Gasteiger partial charge on any atom is 0.329 e. The van der Waals surface area contributed by atoms with E-state index in [0.717, 1.165) is 17.0 Å². The van der Waals surface area contributed by atoms with Crippen molar-refractivity contribution in [3.05, 3.63) is 67.8 Å². The Labute approximate surface area is 202 Å². The number of hydrogen-bond acceptors (Lipinski definition) is 3. The predicted molar refractivity (Wildman–Crippen MR) is 130 cm³/mol. The van der Waals surface area contributed by atoms with Crippen LogP contribution in [0.25, 0.3) is 6.08 Å². The fraction of sp³-hybridized carbons (Fsp3) is 0.333. The van der Waals surface area contributed by atoms with Crippen LogP contribution < -0.4 is 10.2 Å². The number of nitrogens with zero attached hydrogens (tertiary/aromatic N) is 2. The molecule has 2 heterocycles. The summed E-state index contributed by atoms with van der Waals surface area (Å²) in [5.74, 6) is -0.0934. The Morgan fingerprint density at radius 3 is 2.53 bits per heavy atom. The van der Waals surface area contributed by atoms with Gasteiger partial charge in [-0.15, -0.1) is 0 Å². The van der Waals surface area contributed by atoms with Gasteiger partial charge in [0.05, 0.1) is 6.54 Å². The van der Waals surface area contributed by atoms with Gasteiger partial charge in [0.25, 0.3) is 5.91 Å². The number of benzene rings is 2. The number of amides is 3. The molecule has 0 bridgehead atoms. The van der Waals surface area contributed by atoms with Crippen LogP contribution in [0, 0.1) is 0 Å². The molecule has 1 unspecified atom stereocenters. The molecule has 2 aliphatic rings. The van der Waals surface area contributed by atoms with Gasteiger partial charge in [-0.25, -0.2) is 4.79 Å². The number of carbonyl (C=O) groups excluding carboxylic acids is 2. The van der Waals surface area contributed by atoms with Gasteiger partial charge in [-0.2, -0.15) is 0 Å². The van der Waals surface area contributed by atoms with Crippen LogP contribution in [-0.2, 0) is 11.3 Å². The van der Waals surface area contributed by atoms with Crippen LogP contribution in [0.3, 0.4) is 0 Å². The minimum absolute atomic E-state index is 0.0224. The van der Waals surface area contributed by atoms with Crippen molar-refractivity contribution in [2.24, 2.45) is 0 Å². The molecular weight excluding hydrogens is 469 g/mol. The quantitative estimate of drug-likeness (QED) is 0.395. The van der Waals surface area contributed by atoms with Crippen molar-refractivity contribution >= 4 is 58.5 Å². The summed E-state index contributed by atoms with van der Waals surface area (Å²) in [6.07, 6.45) is 2.64. The van der Waals surface area contributed by atoms with Crippen molar-refractivity contribution < 1.29 is 9.59 Å². The molecule has 1 N–H and O–H groups in total. The highest BCUT2D eigenvalue weighted by Gasteiger charge is 2.36. The van der Waals surface area contributed by atoms with E-state index in [9.17, 15) is 9.59 Å². The molecule has 0 aliphatic carbocycles. The number of fused-ring (bicyclic) bond motifs is 1. The van der Waals surface area contributed by atoms with E-state index in [1.54, 1.807) is 24.3 Å². The lowest BCUT2D eigenvalue weighted by Crippen LogP contribution is -2.45. The number of imide groups is 1. The van der Waals surface area contributed by atoms with Crippen LogP contribution in [0.2, 0.25) is 15.1 Å². The van der Waals surface area contributed by atoms with Crippen molar-refractivity contribution in [2.45, 2.75) is 45.2 Å². The monoisotopic (exact) mass is 491 g/mol. The van der Waals surface area contributed by atoms with Gasteiger partial charge in [0.2, 0.25) is 0 Å². The minimum Gasteiger partial charge on any atom is -0.369 e. The fourth-order valence-corrected chi connectivity index (χ4v) is 5.09. The first kappa shape index (κ1) is 23.0. The van der Waals surface area contributed by atoms with Crippen molar-refractivity contribution in [1.29, 1.82) is 0 Å². The van der Waals surface area contributed by atoms with Gasteiger partial charge in [-0.3, -0.25) is 9.69 Å². The van der Waals surface area contributed by atoms with Crippen molar-refractivity contribution in [1.82, 2.24) is 10.2 Å². The first-order valence-electron chi connectivity index (χ1n) is 10.3. The van der Waals surface area contributed by atoms with Crippen LogP contribution in [0.4, 0.5) is 10.5 Å². The Balaban J connectivity index is 1.64. The van der Waals surface area contributed by atoms with E-state index in [4.69, 9.17) is 34.8 Å². The summed E-state index contributed by atoms with van der Waals surface area (Å²) in [6, 6.07) is 8.40. The summed E-state index contributed by atoms with van der Waals surface area (Å²) < 4.78 is 0. The van der Waals surface area contributed by atoms with E-state index < -0.39 is 11.9 Å². The molecule has 4 rings (SSSR count). The van der Waals surface area contributed by atoms with Crippen molar-refractivity contribution in [3.8, 4) is 0 Å². The van der Waals surface area contributed by atoms with Crippen LogP contribution >= 0.6 is 34.8 Å². The maximum absolute atomic E-state index is 13.0. The molecule has 1 fully saturated rings. The zero-order valence-corrected chi connectivity index (χ0v) is 20.6. The smallest absolute Gasteiger partial charge is 0.329 e. The summed E-state index contributed by atoms with van der Waals surface area (Å²) in [7, 11) is 2.07. The lowest BCUT2D eigenvalue weighted by molar-refractivity contribution is -0.123. The Hall–Kier alpha value is -2.21. The Morgan fingerprint density at radius 1 is 1.12 bits per heavy atom. The molecule has 1 atom stereocenters. The minimum atomic E-state index is -0.504. The van der Waals surface area contributed by atoms with E-state index in [-0.39, 0.29) is 17.8 Å². The van der Waals surface area contributed by atoms with Crippen molar-refractivity contribution in [3.63, 3.8) is 0 Å². The van der Waals surface area contributed by atoms with Gasteiger partial charge in [0, 0.05) is 33.3 Å². The van der Waals surface area contributed by atoms with Gasteiger partial charge in [-0.05, 0) is 73.2 Å². The highest BCUT2D eigenvalue weighted by atomic mass is 35.5. The molecule has 8 heteroatoms. The van der Waals surface area contributed by atoms with Gasteiger partial charge in [-0.1, -0.05) is 47.8 Å². The Kier molecular flexibility index (Phi) is 5.95. The van der Waals surface area contributed by atoms with Crippen molar-refractivity contribution in [2.75, 3.05) is 11.9 Å². The fourth-order valence-electron chi connectivity index (χ4n) is 4.41. The van der Waals surface area contributed by atoms with E-state index in [0.29, 0.717) is 32.1 Å². The molecule has 0 saturated carbocycles. The average molecular weight is 493 g/mol. The molecule has 1 saturated heterocycles. The largest absolute Gasteiger partial charge is 0.369 e. The molecule has 2 aromatic rings. The number of rotatable bonds is 3. The Morgan fingerprint density at radius 2 is 1.84 bits per heavy atom. The Bertz CT molecular complexity index is 1160. The number of hydrogen-bond donors (Lipinski definition) is 1.